The maximum atomic E-state index is 13.6. The number of unbranched alkanes of at least 4 members (excludes halogenated alkanes) is 1. The van der Waals surface area contributed by atoms with Crippen LogP contribution in [0.15, 0.2) is 72.8 Å². The molecule has 0 spiro atoms. The monoisotopic (exact) mass is 472 g/mol. The minimum absolute atomic E-state index is 0.0630. The Morgan fingerprint density at radius 3 is 2.20 bits per heavy atom. The largest absolute Gasteiger partial charge is 0.497 e. The maximum Gasteiger partial charge on any atom is 0.261 e. The fourth-order valence-electron chi connectivity index (χ4n) is 3.95. The first-order chi connectivity index (χ1) is 17.0. The van der Waals surface area contributed by atoms with Crippen LogP contribution in [0.5, 0.6) is 11.5 Å². The maximum absolute atomic E-state index is 13.6. The highest BCUT2D eigenvalue weighted by Gasteiger charge is 2.35. The van der Waals surface area contributed by atoms with Crippen LogP contribution in [0.1, 0.15) is 50.8 Å². The van der Waals surface area contributed by atoms with Gasteiger partial charge >= 0.3 is 0 Å². The van der Waals surface area contributed by atoms with Gasteiger partial charge in [0.2, 0.25) is 0 Å². The fraction of sp³-hybridized carbons (Fsp3) is 0.250. The van der Waals surface area contributed by atoms with Crippen LogP contribution in [0.25, 0.3) is 0 Å². The van der Waals surface area contributed by atoms with Crippen LogP contribution in [0, 0.1) is 0 Å². The summed E-state index contributed by atoms with van der Waals surface area (Å²) in [7, 11) is 1.56. The van der Waals surface area contributed by atoms with Gasteiger partial charge < -0.3 is 14.4 Å². The number of amides is 3. The number of hydrogen-bond donors (Lipinski definition) is 0. The number of imide groups is 1. The standard InChI is InChI=1S/C28H28N2O5/c1-3-4-18-35-22-14-12-20(13-15-22)26(31)29(21-8-7-9-23(19-21)34-2)16-17-30-27(32)24-10-5-6-11-25(24)28(30)33/h5-15,19H,3-4,16-18H2,1-2H3. The first-order valence-electron chi connectivity index (χ1n) is 11.7. The Hall–Kier alpha value is -4.13. The Balaban J connectivity index is 1.56. The zero-order chi connectivity index (χ0) is 24.8. The van der Waals surface area contributed by atoms with Crippen molar-refractivity contribution in [2.75, 3.05) is 31.7 Å². The van der Waals surface area contributed by atoms with Crippen LogP contribution in [0.2, 0.25) is 0 Å². The Morgan fingerprint density at radius 1 is 0.886 bits per heavy atom. The van der Waals surface area contributed by atoms with Crippen LogP contribution < -0.4 is 14.4 Å². The first kappa shape index (κ1) is 24.0. The van der Waals surface area contributed by atoms with Crippen LogP contribution in [0.4, 0.5) is 5.69 Å². The van der Waals surface area contributed by atoms with Gasteiger partial charge in [-0.05, 0) is 55.0 Å². The molecule has 4 rings (SSSR count). The number of fused-ring (bicyclic) bond motifs is 1. The normalized spacial score (nSPS) is 12.5. The number of nitrogens with zero attached hydrogens (tertiary/aromatic N) is 2. The lowest BCUT2D eigenvalue weighted by Crippen LogP contribution is -2.41. The van der Waals surface area contributed by atoms with E-state index in [1.54, 1.807) is 84.8 Å². The third-order valence-corrected chi connectivity index (χ3v) is 5.90. The highest BCUT2D eigenvalue weighted by molar-refractivity contribution is 6.21. The van der Waals surface area contributed by atoms with Gasteiger partial charge in [-0.2, -0.15) is 0 Å². The van der Waals surface area contributed by atoms with Gasteiger partial charge in [0.1, 0.15) is 11.5 Å². The summed E-state index contributed by atoms with van der Waals surface area (Å²) in [6.45, 7) is 2.92. The second kappa shape index (κ2) is 10.9. The Morgan fingerprint density at radius 2 is 1.57 bits per heavy atom. The lowest BCUT2D eigenvalue weighted by atomic mass is 10.1. The summed E-state index contributed by atoms with van der Waals surface area (Å²) in [4.78, 5) is 41.9. The zero-order valence-electron chi connectivity index (χ0n) is 19.9. The van der Waals surface area contributed by atoms with Gasteiger partial charge in [-0.15, -0.1) is 0 Å². The van der Waals surface area contributed by atoms with E-state index in [-0.39, 0.29) is 30.8 Å². The summed E-state index contributed by atoms with van der Waals surface area (Å²) < 4.78 is 11.0. The first-order valence-corrected chi connectivity index (χ1v) is 11.7. The highest BCUT2D eigenvalue weighted by Crippen LogP contribution is 2.26. The number of rotatable bonds is 10. The van der Waals surface area contributed by atoms with Gasteiger partial charge in [0.25, 0.3) is 17.7 Å². The molecule has 3 aromatic carbocycles. The molecular weight excluding hydrogens is 444 g/mol. The quantitative estimate of drug-likeness (QED) is 0.312. The summed E-state index contributed by atoms with van der Waals surface area (Å²) >= 11 is 0. The number of anilines is 1. The minimum atomic E-state index is -0.350. The van der Waals surface area contributed by atoms with Crippen molar-refractivity contribution in [1.82, 2.24) is 4.90 Å². The molecule has 3 aromatic rings. The molecule has 1 heterocycles. The molecule has 0 atom stereocenters. The molecule has 3 amide bonds. The van der Waals surface area contributed by atoms with Crippen molar-refractivity contribution in [2.24, 2.45) is 0 Å². The van der Waals surface area contributed by atoms with E-state index < -0.39 is 0 Å². The molecule has 0 aromatic heterocycles. The number of benzene rings is 3. The van der Waals surface area contributed by atoms with Gasteiger partial charge in [-0.3, -0.25) is 19.3 Å². The molecule has 0 radical (unpaired) electrons. The van der Waals surface area contributed by atoms with Crippen molar-refractivity contribution < 1.29 is 23.9 Å². The SMILES string of the molecule is CCCCOc1ccc(C(=O)N(CCN2C(=O)c3ccccc3C2=O)c2cccc(OC)c2)cc1. The van der Waals surface area contributed by atoms with Crippen molar-refractivity contribution in [3.8, 4) is 11.5 Å². The van der Waals surface area contributed by atoms with E-state index in [1.165, 1.54) is 4.90 Å². The summed E-state index contributed by atoms with van der Waals surface area (Å²) in [5.74, 6) is 0.346. The third kappa shape index (κ3) is 5.19. The second-order valence-electron chi connectivity index (χ2n) is 8.19. The number of carbonyl (C=O) groups excluding carboxylic acids is 3. The van der Waals surface area contributed by atoms with Crippen molar-refractivity contribution in [1.29, 1.82) is 0 Å². The smallest absolute Gasteiger partial charge is 0.261 e. The fourth-order valence-corrected chi connectivity index (χ4v) is 3.95. The van der Waals surface area contributed by atoms with E-state index in [9.17, 15) is 14.4 Å². The summed E-state index contributed by atoms with van der Waals surface area (Å²) in [5.41, 5.74) is 1.85. The molecule has 0 bridgehead atoms. The van der Waals surface area contributed by atoms with Crippen LogP contribution in [-0.2, 0) is 0 Å². The number of ether oxygens (including phenoxy) is 2. The van der Waals surface area contributed by atoms with E-state index >= 15 is 0 Å². The van der Waals surface area contributed by atoms with Gasteiger partial charge in [0, 0.05) is 30.4 Å². The molecule has 1 aliphatic heterocycles. The van der Waals surface area contributed by atoms with E-state index in [0.717, 1.165) is 12.8 Å². The molecule has 7 nitrogen and oxygen atoms in total. The molecule has 0 aliphatic carbocycles. The molecule has 0 unspecified atom stereocenters. The number of hydrogen-bond acceptors (Lipinski definition) is 5. The molecule has 0 N–H and O–H groups in total. The molecular formula is C28H28N2O5. The topological polar surface area (TPSA) is 76.2 Å². The summed E-state index contributed by atoms with van der Waals surface area (Å²) in [6, 6.07) is 20.9. The molecule has 7 heteroatoms. The average Bonchev–Trinajstić information content (AvgIpc) is 3.14. The van der Waals surface area contributed by atoms with Gasteiger partial charge in [-0.25, -0.2) is 0 Å². The number of methoxy groups -OCH3 is 1. The summed E-state index contributed by atoms with van der Waals surface area (Å²) in [6.07, 6.45) is 2.00. The Bertz CT molecular complexity index is 1190. The van der Waals surface area contributed by atoms with Crippen LogP contribution in [0.3, 0.4) is 0 Å². The lowest BCUT2D eigenvalue weighted by molar-refractivity contribution is 0.0654. The predicted molar refractivity (Wildman–Crippen MR) is 133 cm³/mol. The Labute approximate surface area is 204 Å². The van der Waals surface area contributed by atoms with E-state index in [0.29, 0.717) is 40.5 Å². The summed E-state index contributed by atoms with van der Waals surface area (Å²) in [5, 5.41) is 0. The van der Waals surface area contributed by atoms with Gasteiger partial charge in [0.05, 0.1) is 24.8 Å². The molecule has 0 saturated carbocycles. The van der Waals surface area contributed by atoms with E-state index in [1.807, 2.05) is 0 Å². The van der Waals surface area contributed by atoms with Crippen molar-refractivity contribution in [3.63, 3.8) is 0 Å². The van der Waals surface area contributed by atoms with Crippen LogP contribution >= 0.6 is 0 Å². The molecule has 35 heavy (non-hydrogen) atoms. The molecule has 0 fully saturated rings. The van der Waals surface area contributed by atoms with Crippen molar-refractivity contribution >= 4 is 23.4 Å². The molecule has 180 valence electrons. The minimum Gasteiger partial charge on any atom is -0.497 e. The molecule has 0 saturated heterocycles. The predicted octanol–water partition coefficient (Wildman–Crippen LogP) is 4.82. The van der Waals surface area contributed by atoms with E-state index in [4.69, 9.17) is 9.47 Å². The van der Waals surface area contributed by atoms with E-state index in [2.05, 4.69) is 6.92 Å². The highest BCUT2D eigenvalue weighted by atomic mass is 16.5. The average molecular weight is 473 g/mol. The zero-order valence-corrected chi connectivity index (χ0v) is 19.9. The van der Waals surface area contributed by atoms with Crippen molar-refractivity contribution in [3.05, 3.63) is 89.5 Å². The lowest BCUT2D eigenvalue weighted by Gasteiger charge is -2.25. The second-order valence-corrected chi connectivity index (χ2v) is 8.19. The van der Waals surface area contributed by atoms with Crippen LogP contribution in [-0.4, -0.2) is 49.4 Å². The van der Waals surface area contributed by atoms with Gasteiger partial charge in [0.15, 0.2) is 0 Å². The number of carbonyl (C=O) groups is 3. The third-order valence-electron chi connectivity index (χ3n) is 5.90. The van der Waals surface area contributed by atoms with Gasteiger partial charge in [-0.1, -0.05) is 31.5 Å². The van der Waals surface area contributed by atoms with Crippen molar-refractivity contribution in [2.45, 2.75) is 19.8 Å². The Kier molecular flexibility index (Phi) is 7.45. The molecule has 1 aliphatic rings.